The molecule has 3 heterocycles. The Morgan fingerprint density at radius 2 is 2.03 bits per heavy atom. The van der Waals surface area contributed by atoms with Crippen molar-refractivity contribution in [2.24, 2.45) is 0 Å². The number of amides is 2. The summed E-state index contributed by atoms with van der Waals surface area (Å²) in [6, 6.07) is 6.51. The molecule has 2 unspecified atom stereocenters. The topological polar surface area (TPSA) is 66.7 Å². The molecule has 8 nitrogen and oxygen atoms in total. The van der Waals surface area contributed by atoms with Crippen LogP contribution in [0.1, 0.15) is 32.0 Å². The third-order valence-corrected chi connectivity index (χ3v) is 7.29. The molecular formula is C26H33ClN6O2. The van der Waals surface area contributed by atoms with Gasteiger partial charge in [-0.1, -0.05) is 18.2 Å². The number of ether oxygens (including phenoxy) is 1. The van der Waals surface area contributed by atoms with E-state index in [-0.39, 0.29) is 17.5 Å². The van der Waals surface area contributed by atoms with Crippen molar-refractivity contribution in [3.05, 3.63) is 54.2 Å². The first-order valence-electron chi connectivity index (χ1n) is 12.5. The summed E-state index contributed by atoms with van der Waals surface area (Å²) in [7, 11) is 0. The zero-order valence-corrected chi connectivity index (χ0v) is 21.2. The smallest absolute Gasteiger partial charge is 0.320 e. The quantitative estimate of drug-likeness (QED) is 0.581. The minimum absolute atomic E-state index is 0.0648. The zero-order valence-electron chi connectivity index (χ0n) is 20.4. The maximum atomic E-state index is 13.4. The predicted molar refractivity (Wildman–Crippen MR) is 138 cm³/mol. The van der Waals surface area contributed by atoms with E-state index in [1.54, 1.807) is 11.0 Å². The normalized spacial score (nSPS) is 22.5. The highest BCUT2D eigenvalue weighted by Crippen LogP contribution is 2.31. The standard InChI is InChI=1S/C26H33ClN6O2/c1-3-35-25-17-22(10-11-24(25)33-18-28-19(2)29-33)30-13-15-31(16-14-30)26(34)32-12-4-5-23(32)20-6-8-21(27)9-7-20/h6-8,10-11,17-18,21,23H,3-5,9,12-16H2,1-2H3. The van der Waals surface area contributed by atoms with Gasteiger partial charge in [-0.15, -0.1) is 11.6 Å². The van der Waals surface area contributed by atoms with Crippen molar-refractivity contribution >= 4 is 23.3 Å². The van der Waals surface area contributed by atoms with Gasteiger partial charge in [0.15, 0.2) is 0 Å². The van der Waals surface area contributed by atoms with E-state index in [9.17, 15) is 4.79 Å². The molecule has 2 atom stereocenters. The van der Waals surface area contributed by atoms with E-state index in [2.05, 4.69) is 44.2 Å². The van der Waals surface area contributed by atoms with Gasteiger partial charge in [0.05, 0.1) is 18.0 Å². The molecule has 2 saturated heterocycles. The summed E-state index contributed by atoms with van der Waals surface area (Å²) >= 11 is 6.20. The van der Waals surface area contributed by atoms with Crippen molar-refractivity contribution < 1.29 is 9.53 Å². The van der Waals surface area contributed by atoms with Crippen molar-refractivity contribution in [3.8, 4) is 11.4 Å². The highest BCUT2D eigenvalue weighted by Gasteiger charge is 2.35. The van der Waals surface area contributed by atoms with Crippen LogP contribution in [0, 0.1) is 6.92 Å². The predicted octanol–water partition coefficient (Wildman–Crippen LogP) is 4.17. The van der Waals surface area contributed by atoms with E-state index in [0.29, 0.717) is 19.7 Å². The number of piperazine rings is 1. The number of hydrogen-bond acceptors (Lipinski definition) is 5. The van der Waals surface area contributed by atoms with Gasteiger partial charge < -0.3 is 19.4 Å². The maximum absolute atomic E-state index is 13.4. The molecule has 2 fully saturated rings. The largest absolute Gasteiger partial charge is 0.492 e. The van der Waals surface area contributed by atoms with Gasteiger partial charge in [-0.3, -0.25) is 0 Å². The van der Waals surface area contributed by atoms with E-state index in [0.717, 1.165) is 61.8 Å². The summed E-state index contributed by atoms with van der Waals surface area (Å²) in [6.07, 6.45) is 11.0. The highest BCUT2D eigenvalue weighted by atomic mass is 35.5. The molecule has 5 rings (SSSR count). The summed E-state index contributed by atoms with van der Waals surface area (Å²) in [5.41, 5.74) is 3.20. The zero-order chi connectivity index (χ0) is 24.4. The number of likely N-dealkylation sites (tertiary alicyclic amines) is 1. The van der Waals surface area contributed by atoms with Gasteiger partial charge in [0.1, 0.15) is 23.6 Å². The Kier molecular flexibility index (Phi) is 7.00. The molecule has 0 saturated carbocycles. The molecule has 2 aliphatic heterocycles. The third kappa shape index (κ3) is 5.03. The Hall–Kier alpha value is -3.00. The first-order valence-corrected chi connectivity index (χ1v) is 13.0. The Bertz CT molecular complexity index is 1120. The van der Waals surface area contributed by atoms with E-state index >= 15 is 0 Å². The molecule has 9 heteroatoms. The fraction of sp³-hybridized carbons (Fsp3) is 0.500. The lowest BCUT2D eigenvalue weighted by atomic mass is 9.98. The molecule has 0 bridgehead atoms. The van der Waals surface area contributed by atoms with Gasteiger partial charge >= 0.3 is 6.03 Å². The number of nitrogens with zero attached hydrogens (tertiary/aromatic N) is 6. The number of anilines is 1. The molecule has 35 heavy (non-hydrogen) atoms. The SMILES string of the molecule is CCOc1cc(N2CCN(C(=O)N3CCCC3C3=CCC(Cl)C=C3)CC2)ccc1-n1cnc(C)n1. The molecule has 1 aliphatic carbocycles. The number of allylic oxidation sites excluding steroid dienone is 2. The summed E-state index contributed by atoms with van der Waals surface area (Å²) in [5.74, 6) is 1.50. The molecule has 2 amide bonds. The van der Waals surface area contributed by atoms with Crippen LogP contribution in [0.4, 0.5) is 10.5 Å². The average molecular weight is 497 g/mol. The van der Waals surface area contributed by atoms with Gasteiger partial charge in [-0.2, -0.15) is 5.10 Å². The van der Waals surface area contributed by atoms with Crippen LogP contribution in [0.15, 0.2) is 48.3 Å². The van der Waals surface area contributed by atoms with Crippen LogP contribution >= 0.6 is 11.6 Å². The number of carbonyl (C=O) groups is 1. The molecule has 0 N–H and O–H groups in total. The lowest BCUT2D eigenvalue weighted by Crippen LogP contribution is -2.54. The van der Waals surface area contributed by atoms with E-state index in [4.69, 9.17) is 16.3 Å². The first kappa shape index (κ1) is 23.7. The number of benzene rings is 1. The van der Waals surface area contributed by atoms with Crippen LogP contribution in [0.3, 0.4) is 0 Å². The number of urea groups is 1. The van der Waals surface area contributed by atoms with Gasteiger partial charge in [0.25, 0.3) is 0 Å². The number of carbonyl (C=O) groups excluding carboxylic acids is 1. The molecule has 2 aromatic rings. The number of aryl methyl sites for hydroxylation is 1. The van der Waals surface area contributed by atoms with E-state index in [1.807, 2.05) is 30.9 Å². The third-order valence-electron chi connectivity index (χ3n) is 6.97. The van der Waals surface area contributed by atoms with Crippen LogP contribution in [0.2, 0.25) is 0 Å². The van der Waals surface area contributed by atoms with Crippen LogP contribution < -0.4 is 9.64 Å². The molecule has 0 radical (unpaired) electrons. The van der Waals surface area contributed by atoms with Gasteiger partial charge in [-0.05, 0) is 50.8 Å². The first-order chi connectivity index (χ1) is 17.0. The van der Waals surface area contributed by atoms with Crippen molar-refractivity contribution in [2.45, 2.75) is 44.5 Å². The highest BCUT2D eigenvalue weighted by molar-refractivity contribution is 6.22. The van der Waals surface area contributed by atoms with Crippen LogP contribution in [0.5, 0.6) is 5.75 Å². The molecule has 0 spiro atoms. The monoisotopic (exact) mass is 496 g/mol. The number of halogens is 1. The number of aromatic nitrogens is 3. The second kappa shape index (κ2) is 10.3. The van der Waals surface area contributed by atoms with Crippen molar-refractivity contribution in [1.29, 1.82) is 0 Å². The summed E-state index contributed by atoms with van der Waals surface area (Å²) in [6.45, 7) is 8.22. The summed E-state index contributed by atoms with van der Waals surface area (Å²) < 4.78 is 7.68. The van der Waals surface area contributed by atoms with E-state index in [1.165, 1.54) is 5.57 Å². The maximum Gasteiger partial charge on any atom is 0.320 e. The molecule has 186 valence electrons. The van der Waals surface area contributed by atoms with Gasteiger partial charge in [0, 0.05) is 44.5 Å². The minimum atomic E-state index is 0.0648. The van der Waals surface area contributed by atoms with Gasteiger partial charge in [0.2, 0.25) is 0 Å². The molecule has 3 aliphatic rings. The van der Waals surface area contributed by atoms with Crippen LogP contribution in [-0.2, 0) is 0 Å². The van der Waals surface area contributed by atoms with Crippen LogP contribution in [-0.4, -0.2) is 81.3 Å². The van der Waals surface area contributed by atoms with E-state index < -0.39 is 0 Å². The van der Waals surface area contributed by atoms with Crippen molar-refractivity contribution in [3.63, 3.8) is 0 Å². The fourth-order valence-electron chi connectivity index (χ4n) is 5.16. The minimum Gasteiger partial charge on any atom is -0.492 e. The Morgan fingerprint density at radius 3 is 2.71 bits per heavy atom. The Morgan fingerprint density at radius 1 is 1.20 bits per heavy atom. The average Bonchev–Trinajstić information content (AvgIpc) is 3.54. The molecule has 1 aromatic heterocycles. The number of alkyl halides is 1. The Labute approximate surface area is 211 Å². The lowest BCUT2D eigenvalue weighted by molar-refractivity contribution is 0.150. The summed E-state index contributed by atoms with van der Waals surface area (Å²) in [4.78, 5) is 24.0. The number of hydrogen-bond donors (Lipinski definition) is 0. The van der Waals surface area contributed by atoms with Crippen LogP contribution in [0.25, 0.3) is 5.69 Å². The molecule has 1 aromatic carbocycles. The van der Waals surface area contributed by atoms with Gasteiger partial charge in [-0.25, -0.2) is 14.5 Å². The fourth-order valence-corrected chi connectivity index (χ4v) is 5.32. The number of rotatable bonds is 5. The lowest BCUT2D eigenvalue weighted by Gasteiger charge is -2.39. The van der Waals surface area contributed by atoms with Crippen molar-refractivity contribution in [1.82, 2.24) is 24.6 Å². The van der Waals surface area contributed by atoms with Crippen molar-refractivity contribution in [2.75, 3.05) is 44.2 Å². The summed E-state index contributed by atoms with van der Waals surface area (Å²) in [5, 5.41) is 4.49. The Balaban J connectivity index is 1.24. The second-order valence-electron chi connectivity index (χ2n) is 9.24. The molecular weight excluding hydrogens is 464 g/mol. The second-order valence-corrected chi connectivity index (χ2v) is 9.81.